The van der Waals surface area contributed by atoms with Gasteiger partial charge in [-0.05, 0) is 13.3 Å². The molecule has 0 aromatic carbocycles. The SMILES string of the molecule is C[C@@H](CCBr)C1(C)OCCO1. The summed E-state index contributed by atoms with van der Waals surface area (Å²) in [7, 11) is 0. The average Bonchev–Trinajstić information content (AvgIpc) is 2.38. The number of halogens is 1. The number of alkyl halides is 1. The van der Waals surface area contributed by atoms with E-state index in [1.807, 2.05) is 6.92 Å². The van der Waals surface area contributed by atoms with E-state index in [0.717, 1.165) is 25.0 Å². The van der Waals surface area contributed by atoms with Crippen molar-refractivity contribution in [2.24, 2.45) is 5.92 Å². The van der Waals surface area contributed by atoms with E-state index >= 15 is 0 Å². The number of hydrogen-bond acceptors (Lipinski definition) is 2. The molecule has 0 aromatic heterocycles. The summed E-state index contributed by atoms with van der Waals surface area (Å²) in [6.07, 6.45) is 1.09. The number of rotatable bonds is 3. The second kappa shape index (κ2) is 3.87. The van der Waals surface area contributed by atoms with Gasteiger partial charge in [-0.25, -0.2) is 0 Å². The van der Waals surface area contributed by atoms with Crippen molar-refractivity contribution in [3.05, 3.63) is 0 Å². The lowest BCUT2D eigenvalue weighted by atomic mass is 10.00. The summed E-state index contributed by atoms with van der Waals surface area (Å²) in [5.41, 5.74) is 0. The summed E-state index contributed by atoms with van der Waals surface area (Å²) in [6.45, 7) is 5.66. The molecule has 1 atom stereocenters. The van der Waals surface area contributed by atoms with Gasteiger partial charge in [0.25, 0.3) is 0 Å². The molecule has 0 amide bonds. The molecule has 1 aliphatic heterocycles. The zero-order valence-corrected chi connectivity index (χ0v) is 8.69. The molecule has 1 fully saturated rings. The minimum Gasteiger partial charge on any atom is -0.348 e. The molecule has 2 nitrogen and oxygen atoms in total. The summed E-state index contributed by atoms with van der Waals surface area (Å²) >= 11 is 3.41. The maximum Gasteiger partial charge on any atom is 0.168 e. The first-order valence-corrected chi connectivity index (χ1v) is 5.15. The van der Waals surface area contributed by atoms with Crippen LogP contribution in [0.1, 0.15) is 20.3 Å². The summed E-state index contributed by atoms with van der Waals surface area (Å²) in [6, 6.07) is 0. The van der Waals surface area contributed by atoms with Gasteiger partial charge in [0.15, 0.2) is 5.79 Å². The van der Waals surface area contributed by atoms with Crippen LogP contribution in [0.25, 0.3) is 0 Å². The maximum atomic E-state index is 5.51. The molecular weight excluding hydrogens is 208 g/mol. The molecule has 0 aromatic rings. The van der Waals surface area contributed by atoms with Crippen LogP contribution in [0.4, 0.5) is 0 Å². The van der Waals surface area contributed by atoms with Crippen molar-refractivity contribution in [1.82, 2.24) is 0 Å². The topological polar surface area (TPSA) is 18.5 Å². The fourth-order valence-corrected chi connectivity index (χ4v) is 1.93. The molecule has 1 heterocycles. The van der Waals surface area contributed by atoms with Gasteiger partial charge in [0.1, 0.15) is 0 Å². The highest BCUT2D eigenvalue weighted by atomic mass is 79.9. The summed E-state index contributed by atoms with van der Waals surface area (Å²) in [4.78, 5) is 0. The first-order valence-electron chi connectivity index (χ1n) is 4.03. The Morgan fingerprint density at radius 1 is 1.45 bits per heavy atom. The van der Waals surface area contributed by atoms with Gasteiger partial charge in [0.2, 0.25) is 0 Å². The minimum atomic E-state index is -0.326. The molecular formula is C8H15BrO2. The van der Waals surface area contributed by atoms with Crippen LogP contribution in [-0.2, 0) is 9.47 Å². The van der Waals surface area contributed by atoms with Crippen LogP contribution in [0.2, 0.25) is 0 Å². The van der Waals surface area contributed by atoms with Gasteiger partial charge in [-0.1, -0.05) is 22.9 Å². The van der Waals surface area contributed by atoms with Gasteiger partial charge in [-0.2, -0.15) is 0 Å². The highest BCUT2D eigenvalue weighted by molar-refractivity contribution is 9.09. The predicted octanol–water partition coefficient (Wildman–Crippen LogP) is 2.17. The Balaban J connectivity index is 2.42. The first kappa shape index (κ1) is 9.49. The Labute approximate surface area is 76.4 Å². The molecule has 0 bridgehead atoms. The summed E-state index contributed by atoms with van der Waals surface area (Å²) in [5, 5.41) is 1.01. The van der Waals surface area contributed by atoms with Gasteiger partial charge >= 0.3 is 0 Å². The molecule has 0 saturated carbocycles. The van der Waals surface area contributed by atoms with Gasteiger partial charge < -0.3 is 9.47 Å². The molecule has 3 heteroatoms. The average molecular weight is 223 g/mol. The molecule has 0 radical (unpaired) electrons. The summed E-state index contributed by atoms with van der Waals surface area (Å²) in [5.74, 6) is 0.137. The molecule has 0 aliphatic carbocycles. The zero-order valence-electron chi connectivity index (χ0n) is 7.10. The van der Waals surface area contributed by atoms with E-state index in [9.17, 15) is 0 Å². The predicted molar refractivity (Wildman–Crippen MR) is 47.9 cm³/mol. The molecule has 0 N–H and O–H groups in total. The van der Waals surface area contributed by atoms with E-state index < -0.39 is 0 Å². The lowest BCUT2D eigenvalue weighted by Gasteiger charge is -2.28. The van der Waals surface area contributed by atoms with E-state index in [0.29, 0.717) is 5.92 Å². The standard InChI is InChI=1S/C8H15BrO2/c1-7(3-4-9)8(2)10-5-6-11-8/h7H,3-6H2,1-2H3/t7-/m0/s1. The third-order valence-electron chi connectivity index (χ3n) is 2.30. The molecule has 1 rings (SSSR count). The third-order valence-corrected chi connectivity index (χ3v) is 2.76. The Morgan fingerprint density at radius 2 is 2.00 bits per heavy atom. The van der Waals surface area contributed by atoms with Gasteiger partial charge in [0.05, 0.1) is 13.2 Å². The van der Waals surface area contributed by atoms with E-state index in [-0.39, 0.29) is 5.79 Å². The molecule has 1 saturated heterocycles. The van der Waals surface area contributed by atoms with Crippen molar-refractivity contribution in [3.63, 3.8) is 0 Å². The van der Waals surface area contributed by atoms with Crippen LogP contribution in [0.3, 0.4) is 0 Å². The molecule has 66 valence electrons. The second-order valence-corrected chi connectivity index (χ2v) is 3.88. The van der Waals surface area contributed by atoms with Crippen LogP contribution in [0, 0.1) is 5.92 Å². The van der Waals surface area contributed by atoms with Crippen LogP contribution < -0.4 is 0 Å². The summed E-state index contributed by atoms with van der Waals surface area (Å²) < 4.78 is 11.0. The fraction of sp³-hybridized carbons (Fsp3) is 1.00. The van der Waals surface area contributed by atoms with E-state index in [4.69, 9.17) is 9.47 Å². The fourth-order valence-electron chi connectivity index (χ4n) is 1.24. The van der Waals surface area contributed by atoms with Crippen molar-refractivity contribution in [2.75, 3.05) is 18.5 Å². The first-order chi connectivity index (χ1) is 5.19. The van der Waals surface area contributed by atoms with Gasteiger partial charge in [-0.3, -0.25) is 0 Å². The molecule has 0 spiro atoms. The molecule has 1 aliphatic rings. The van der Waals surface area contributed by atoms with E-state index in [1.165, 1.54) is 0 Å². The Morgan fingerprint density at radius 3 is 2.45 bits per heavy atom. The lowest BCUT2D eigenvalue weighted by molar-refractivity contribution is -0.177. The number of hydrogen-bond donors (Lipinski definition) is 0. The third kappa shape index (κ3) is 2.17. The molecule has 11 heavy (non-hydrogen) atoms. The van der Waals surface area contributed by atoms with Crippen LogP contribution >= 0.6 is 15.9 Å². The second-order valence-electron chi connectivity index (χ2n) is 3.09. The Kier molecular flexibility index (Phi) is 3.34. The number of ether oxygens (including phenoxy) is 2. The normalized spacial score (nSPS) is 25.4. The molecule has 0 unspecified atom stereocenters. The van der Waals surface area contributed by atoms with Gasteiger partial charge in [-0.15, -0.1) is 0 Å². The van der Waals surface area contributed by atoms with Crippen LogP contribution in [0.15, 0.2) is 0 Å². The highest BCUT2D eigenvalue weighted by Crippen LogP contribution is 2.29. The quantitative estimate of drug-likeness (QED) is 0.682. The van der Waals surface area contributed by atoms with E-state index in [2.05, 4.69) is 22.9 Å². The van der Waals surface area contributed by atoms with Crippen molar-refractivity contribution in [2.45, 2.75) is 26.1 Å². The zero-order chi connectivity index (χ0) is 8.32. The van der Waals surface area contributed by atoms with Crippen LogP contribution in [0.5, 0.6) is 0 Å². The maximum absolute atomic E-state index is 5.51. The van der Waals surface area contributed by atoms with Crippen molar-refractivity contribution in [3.8, 4) is 0 Å². The lowest BCUT2D eigenvalue weighted by Crippen LogP contribution is -2.34. The van der Waals surface area contributed by atoms with Crippen molar-refractivity contribution >= 4 is 15.9 Å². The Hall–Kier alpha value is 0.400. The van der Waals surface area contributed by atoms with Gasteiger partial charge in [0, 0.05) is 11.2 Å². The smallest absolute Gasteiger partial charge is 0.168 e. The highest BCUT2D eigenvalue weighted by Gasteiger charge is 2.36. The minimum absolute atomic E-state index is 0.326. The van der Waals surface area contributed by atoms with E-state index in [1.54, 1.807) is 0 Å². The van der Waals surface area contributed by atoms with Crippen molar-refractivity contribution < 1.29 is 9.47 Å². The largest absolute Gasteiger partial charge is 0.348 e. The Bertz CT molecular complexity index is 121. The van der Waals surface area contributed by atoms with Crippen molar-refractivity contribution in [1.29, 1.82) is 0 Å². The monoisotopic (exact) mass is 222 g/mol. The van der Waals surface area contributed by atoms with Crippen LogP contribution in [-0.4, -0.2) is 24.3 Å².